The normalized spacial score (nSPS) is 12.0. The Kier molecular flexibility index (Phi) is 3.71. The van der Waals surface area contributed by atoms with Gasteiger partial charge in [0.2, 0.25) is 0 Å². The van der Waals surface area contributed by atoms with Crippen molar-refractivity contribution < 1.29 is 31.1 Å². The number of rotatable bonds is 3. The smallest absolute Gasteiger partial charge is 0.419 e. The van der Waals surface area contributed by atoms with Crippen LogP contribution in [0.4, 0.5) is 32.0 Å². The predicted molar refractivity (Wildman–Crippen MR) is 59.6 cm³/mol. The van der Waals surface area contributed by atoms with E-state index in [2.05, 4.69) is 9.84 Å². The first kappa shape index (κ1) is 15.0. The summed E-state index contributed by atoms with van der Waals surface area (Å²) in [7, 11) is 0. The average molecular weight is 311 g/mol. The first-order valence-electron chi connectivity index (χ1n) is 5.34. The fourth-order valence-electron chi connectivity index (χ4n) is 1.54. The Balaban J connectivity index is 2.46. The number of aromatic nitrogens is 2. The lowest BCUT2D eigenvalue weighted by molar-refractivity contribution is -0.137. The molecule has 0 radical (unpaired) electrons. The Bertz CT molecular complexity index is 652. The Hall–Kier alpha value is -2.39. The van der Waals surface area contributed by atoms with Gasteiger partial charge in [-0.3, -0.25) is 0 Å². The fourth-order valence-corrected chi connectivity index (χ4v) is 1.54. The van der Waals surface area contributed by atoms with Crippen LogP contribution >= 0.6 is 0 Å². The molecule has 2 N–H and O–H groups in total. The molecule has 0 unspecified atom stereocenters. The first-order chi connectivity index (χ1) is 9.68. The molecule has 0 amide bonds. The van der Waals surface area contributed by atoms with E-state index in [4.69, 9.17) is 5.73 Å². The lowest BCUT2D eigenvalue weighted by Crippen LogP contribution is -2.07. The quantitative estimate of drug-likeness (QED) is 0.699. The Morgan fingerprint density at radius 1 is 1.24 bits per heavy atom. The van der Waals surface area contributed by atoms with E-state index in [0.29, 0.717) is 23.1 Å². The number of alkyl halides is 5. The highest BCUT2D eigenvalue weighted by Gasteiger charge is 2.32. The fraction of sp³-hybridized carbons (Fsp3) is 0.182. The molecular weight excluding hydrogens is 304 g/mol. The van der Waals surface area contributed by atoms with Crippen LogP contribution in [0, 0.1) is 5.82 Å². The van der Waals surface area contributed by atoms with Gasteiger partial charge < -0.3 is 10.5 Å². The highest BCUT2D eigenvalue weighted by atomic mass is 19.4. The van der Waals surface area contributed by atoms with Crippen LogP contribution in [0.25, 0.3) is 5.69 Å². The third-order valence-corrected chi connectivity index (χ3v) is 2.45. The van der Waals surface area contributed by atoms with Gasteiger partial charge in [0.25, 0.3) is 0 Å². The van der Waals surface area contributed by atoms with Crippen molar-refractivity contribution in [2.75, 3.05) is 5.73 Å². The SMILES string of the molecule is Nc1cc(F)c(OC(F)F)cc1-n1cc(C(F)(F)F)cn1. The summed E-state index contributed by atoms with van der Waals surface area (Å²) in [6.45, 7) is -3.29. The Labute approximate surface area is 113 Å². The largest absolute Gasteiger partial charge is 0.432 e. The maximum absolute atomic E-state index is 13.4. The molecule has 2 aromatic rings. The van der Waals surface area contributed by atoms with Gasteiger partial charge >= 0.3 is 12.8 Å². The van der Waals surface area contributed by atoms with Crippen molar-refractivity contribution in [1.82, 2.24) is 9.78 Å². The number of nitrogens with two attached hydrogens (primary N) is 1. The molecule has 0 saturated heterocycles. The van der Waals surface area contributed by atoms with Gasteiger partial charge in [0.05, 0.1) is 23.1 Å². The average Bonchev–Trinajstić information content (AvgIpc) is 2.81. The molecule has 0 spiro atoms. The van der Waals surface area contributed by atoms with Crippen LogP contribution in [0.2, 0.25) is 0 Å². The van der Waals surface area contributed by atoms with E-state index < -0.39 is 29.9 Å². The van der Waals surface area contributed by atoms with Crippen molar-refractivity contribution in [1.29, 1.82) is 0 Å². The first-order valence-corrected chi connectivity index (χ1v) is 5.34. The number of halogens is 6. The third kappa shape index (κ3) is 3.20. The molecule has 10 heteroatoms. The Morgan fingerprint density at radius 3 is 2.43 bits per heavy atom. The highest BCUT2D eigenvalue weighted by molar-refractivity contribution is 5.60. The van der Waals surface area contributed by atoms with Gasteiger partial charge in [0, 0.05) is 18.3 Å². The van der Waals surface area contributed by atoms with E-state index in [1.165, 1.54) is 0 Å². The number of hydrogen-bond donors (Lipinski definition) is 1. The van der Waals surface area contributed by atoms with E-state index in [1.807, 2.05) is 0 Å². The molecule has 1 aromatic heterocycles. The van der Waals surface area contributed by atoms with Gasteiger partial charge in [-0.15, -0.1) is 0 Å². The van der Waals surface area contributed by atoms with Crippen molar-refractivity contribution in [3.05, 3.63) is 35.9 Å². The van der Waals surface area contributed by atoms with Crippen molar-refractivity contribution in [2.24, 2.45) is 0 Å². The van der Waals surface area contributed by atoms with E-state index >= 15 is 0 Å². The van der Waals surface area contributed by atoms with Crippen LogP contribution in [-0.4, -0.2) is 16.4 Å². The molecule has 21 heavy (non-hydrogen) atoms. The standard InChI is InChI=1S/C11H7F6N3O/c12-6-1-7(18)8(2-9(6)21-10(13)14)20-4-5(3-19-20)11(15,16)17/h1-4,10H,18H2. The molecule has 1 aromatic carbocycles. The summed E-state index contributed by atoms with van der Waals surface area (Å²) in [5, 5.41) is 3.41. The number of nitrogen functional groups attached to an aromatic ring is 1. The molecule has 114 valence electrons. The van der Waals surface area contributed by atoms with Crippen LogP contribution in [0.5, 0.6) is 5.75 Å². The van der Waals surface area contributed by atoms with Crippen molar-refractivity contribution in [3.63, 3.8) is 0 Å². The molecule has 0 bridgehead atoms. The van der Waals surface area contributed by atoms with Crippen molar-refractivity contribution in [3.8, 4) is 11.4 Å². The van der Waals surface area contributed by atoms with Crippen LogP contribution in [0.15, 0.2) is 24.5 Å². The van der Waals surface area contributed by atoms with Gasteiger partial charge in [-0.25, -0.2) is 9.07 Å². The molecule has 4 nitrogen and oxygen atoms in total. The minimum atomic E-state index is -4.63. The summed E-state index contributed by atoms with van der Waals surface area (Å²) in [5.74, 6) is -2.02. The van der Waals surface area contributed by atoms with Crippen LogP contribution in [-0.2, 0) is 6.18 Å². The Morgan fingerprint density at radius 2 is 1.90 bits per heavy atom. The van der Waals surface area contributed by atoms with E-state index in [-0.39, 0.29) is 11.4 Å². The van der Waals surface area contributed by atoms with E-state index in [0.717, 1.165) is 6.07 Å². The van der Waals surface area contributed by atoms with E-state index in [9.17, 15) is 26.3 Å². The highest BCUT2D eigenvalue weighted by Crippen LogP contribution is 2.32. The predicted octanol–water partition coefficient (Wildman–Crippen LogP) is 3.21. The van der Waals surface area contributed by atoms with Gasteiger partial charge in [0.15, 0.2) is 11.6 Å². The maximum atomic E-state index is 13.4. The molecule has 0 aliphatic rings. The number of hydrogen-bond acceptors (Lipinski definition) is 3. The summed E-state index contributed by atoms with van der Waals surface area (Å²) in [5.41, 5.74) is 3.87. The zero-order chi connectivity index (χ0) is 15.8. The number of anilines is 1. The molecule has 0 atom stereocenters. The monoisotopic (exact) mass is 311 g/mol. The van der Waals surface area contributed by atoms with Crippen molar-refractivity contribution >= 4 is 5.69 Å². The molecular formula is C11H7F6N3O. The van der Waals surface area contributed by atoms with Crippen LogP contribution < -0.4 is 10.5 Å². The molecule has 2 rings (SSSR count). The van der Waals surface area contributed by atoms with Gasteiger partial charge in [0.1, 0.15) is 0 Å². The summed E-state index contributed by atoms with van der Waals surface area (Å²) in [4.78, 5) is 0. The number of ether oxygens (including phenoxy) is 1. The van der Waals surface area contributed by atoms with Gasteiger partial charge in [-0.1, -0.05) is 0 Å². The summed E-state index contributed by atoms with van der Waals surface area (Å²) < 4.78 is 79.6. The summed E-state index contributed by atoms with van der Waals surface area (Å²) in [6.07, 6.45) is -3.51. The molecule has 0 aliphatic carbocycles. The second kappa shape index (κ2) is 5.19. The second-order valence-electron chi connectivity index (χ2n) is 3.89. The zero-order valence-corrected chi connectivity index (χ0v) is 10.0. The van der Waals surface area contributed by atoms with Gasteiger partial charge in [-0.2, -0.15) is 27.1 Å². The molecule has 0 aliphatic heterocycles. The zero-order valence-electron chi connectivity index (χ0n) is 10.0. The topological polar surface area (TPSA) is 53.1 Å². The summed E-state index contributed by atoms with van der Waals surface area (Å²) >= 11 is 0. The van der Waals surface area contributed by atoms with E-state index in [1.54, 1.807) is 0 Å². The second-order valence-corrected chi connectivity index (χ2v) is 3.89. The minimum absolute atomic E-state index is 0.220. The third-order valence-electron chi connectivity index (χ3n) is 2.45. The van der Waals surface area contributed by atoms with Crippen molar-refractivity contribution in [2.45, 2.75) is 12.8 Å². The maximum Gasteiger partial charge on any atom is 0.419 e. The molecule has 0 fully saturated rings. The van der Waals surface area contributed by atoms with Crippen LogP contribution in [0.3, 0.4) is 0 Å². The molecule has 1 heterocycles. The number of benzene rings is 1. The molecule has 0 saturated carbocycles. The van der Waals surface area contributed by atoms with Crippen LogP contribution in [0.1, 0.15) is 5.56 Å². The number of nitrogens with zero attached hydrogens (tertiary/aromatic N) is 2. The summed E-state index contributed by atoms with van der Waals surface area (Å²) in [6, 6.07) is 1.39. The lowest BCUT2D eigenvalue weighted by Gasteiger charge is -2.11. The lowest BCUT2D eigenvalue weighted by atomic mass is 10.2. The minimum Gasteiger partial charge on any atom is -0.432 e. The van der Waals surface area contributed by atoms with Gasteiger partial charge in [-0.05, 0) is 0 Å².